The zero-order valence-electron chi connectivity index (χ0n) is 21.8. The Labute approximate surface area is 222 Å². The number of fused-ring (bicyclic) bond motifs is 1. The summed E-state index contributed by atoms with van der Waals surface area (Å²) in [5.74, 6) is 1.28. The normalized spacial score (nSPS) is 20.2. The molecular weight excluding hydrogens is 490 g/mol. The van der Waals surface area contributed by atoms with Gasteiger partial charge in [0.25, 0.3) is 0 Å². The Morgan fingerprint density at radius 1 is 1.08 bits per heavy atom. The van der Waals surface area contributed by atoms with Gasteiger partial charge in [-0.25, -0.2) is 14.8 Å². The van der Waals surface area contributed by atoms with E-state index in [0.29, 0.717) is 19.5 Å². The number of nitrogens with one attached hydrogen (secondary N) is 1. The monoisotopic (exact) mass is 525 g/mol. The summed E-state index contributed by atoms with van der Waals surface area (Å²) in [5.41, 5.74) is 3.10. The van der Waals surface area contributed by atoms with Crippen molar-refractivity contribution in [2.45, 2.75) is 38.6 Å². The zero-order valence-corrected chi connectivity index (χ0v) is 22.7. The van der Waals surface area contributed by atoms with Gasteiger partial charge < -0.3 is 19.9 Å². The number of ether oxygens (including phenoxy) is 1. The van der Waals surface area contributed by atoms with E-state index in [1.165, 1.54) is 0 Å². The van der Waals surface area contributed by atoms with Crippen molar-refractivity contribution < 1.29 is 19.1 Å². The summed E-state index contributed by atoms with van der Waals surface area (Å²) >= 11 is 1.64. The predicted octanol–water partition coefficient (Wildman–Crippen LogP) is 2.69. The molecule has 2 saturated heterocycles. The summed E-state index contributed by atoms with van der Waals surface area (Å²) in [6, 6.07) is 14.7. The molecule has 4 rings (SSSR count). The molecular formula is C27H35N5O4S. The van der Waals surface area contributed by atoms with Gasteiger partial charge in [-0.3, -0.25) is 9.59 Å². The number of hydrazine groups is 1. The molecule has 2 atom stereocenters. The number of methoxy groups -OCH3 is 1. The van der Waals surface area contributed by atoms with Crippen LogP contribution in [0.3, 0.4) is 0 Å². The molecule has 1 N–H and O–H groups in total. The molecule has 0 unspecified atom stereocenters. The van der Waals surface area contributed by atoms with Gasteiger partial charge in [0.15, 0.2) is 0 Å². The molecule has 37 heavy (non-hydrogen) atoms. The van der Waals surface area contributed by atoms with Crippen molar-refractivity contribution in [2.24, 2.45) is 0 Å². The molecule has 0 spiro atoms. The minimum Gasteiger partial charge on any atom is -0.497 e. The van der Waals surface area contributed by atoms with E-state index in [1.807, 2.05) is 61.7 Å². The second-order valence-electron chi connectivity index (χ2n) is 9.45. The van der Waals surface area contributed by atoms with Gasteiger partial charge in [-0.05, 0) is 48.6 Å². The molecule has 9 nitrogen and oxygen atoms in total. The highest BCUT2D eigenvalue weighted by atomic mass is 32.2. The molecule has 10 heteroatoms. The van der Waals surface area contributed by atoms with E-state index >= 15 is 0 Å². The number of benzene rings is 2. The first-order valence-corrected chi connectivity index (χ1v) is 13.8. The first-order chi connectivity index (χ1) is 17.8. The van der Waals surface area contributed by atoms with Crippen LogP contribution in [0.25, 0.3) is 0 Å². The van der Waals surface area contributed by atoms with Crippen molar-refractivity contribution >= 4 is 29.6 Å². The summed E-state index contributed by atoms with van der Waals surface area (Å²) in [7, 11) is 3.35. The highest BCUT2D eigenvalue weighted by molar-refractivity contribution is 7.98. The fourth-order valence-corrected chi connectivity index (χ4v) is 5.33. The molecule has 0 saturated carbocycles. The van der Waals surface area contributed by atoms with Gasteiger partial charge in [0, 0.05) is 20.1 Å². The average molecular weight is 526 g/mol. The van der Waals surface area contributed by atoms with E-state index in [-0.39, 0.29) is 30.9 Å². The number of carbonyl (C=O) groups excluding carboxylic acids is 3. The van der Waals surface area contributed by atoms with Crippen LogP contribution in [0, 0.1) is 6.92 Å². The van der Waals surface area contributed by atoms with Gasteiger partial charge >= 0.3 is 6.03 Å². The minimum atomic E-state index is -0.602. The fraction of sp³-hybridized carbons (Fsp3) is 0.444. The highest BCUT2D eigenvalue weighted by Gasteiger charge is 2.50. The number of hydrogen-bond acceptors (Lipinski definition) is 6. The quantitative estimate of drug-likeness (QED) is 0.571. The number of amides is 4. The third kappa shape index (κ3) is 6.02. The van der Waals surface area contributed by atoms with Crippen LogP contribution < -0.4 is 10.1 Å². The highest BCUT2D eigenvalue weighted by Crippen LogP contribution is 2.29. The van der Waals surface area contributed by atoms with Crippen LogP contribution in [0.1, 0.15) is 23.1 Å². The lowest BCUT2D eigenvalue weighted by Gasteiger charge is -2.54. The number of piperazine rings is 1. The molecule has 0 radical (unpaired) electrons. The molecule has 0 aliphatic carbocycles. The summed E-state index contributed by atoms with van der Waals surface area (Å²) in [4.78, 5) is 43.7. The Morgan fingerprint density at radius 2 is 1.76 bits per heavy atom. The Kier molecular flexibility index (Phi) is 8.60. The van der Waals surface area contributed by atoms with Gasteiger partial charge in [-0.15, -0.1) is 0 Å². The maximum atomic E-state index is 13.6. The first kappa shape index (κ1) is 26.8. The van der Waals surface area contributed by atoms with Crippen LogP contribution in [-0.2, 0) is 22.7 Å². The molecule has 4 amide bonds. The zero-order chi connectivity index (χ0) is 26.5. The minimum absolute atomic E-state index is 0.0352. The Morgan fingerprint density at radius 3 is 2.41 bits per heavy atom. The third-order valence-corrected chi connectivity index (χ3v) is 7.48. The number of aryl methyl sites for hydroxylation is 1. The number of urea groups is 1. The standard InChI is InChI=1S/C27H35N5O4S/c1-19-5-7-21(8-6-19)16-30-17-24-31(23(26(30)34)13-14-37-4)25(33)18-29(2)32(24)27(35)28-15-20-9-11-22(36-3)12-10-20/h5-12,23-24H,13-18H2,1-4H3,(H,28,35)/t23-,24-/m0/s1. The predicted molar refractivity (Wildman–Crippen MR) is 144 cm³/mol. The molecule has 2 aliphatic rings. The topological polar surface area (TPSA) is 85.4 Å². The molecule has 2 aromatic carbocycles. The van der Waals surface area contributed by atoms with E-state index in [2.05, 4.69) is 5.32 Å². The number of nitrogens with zero attached hydrogens (tertiary/aromatic N) is 4. The van der Waals surface area contributed by atoms with Crippen molar-refractivity contribution in [3.63, 3.8) is 0 Å². The van der Waals surface area contributed by atoms with Crippen molar-refractivity contribution in [2.75, 3.05) is 39.3 Å². The SMILES string of the molecule is COc1ccc(CNC(=O)N2[C@H]3CN(Cc4ccc(C)cc4)C(=O)[C@H](CCSC)N3C(=O)CN2C)cc1. The van der Waals surface area contributed by atoms with Gasteiger partial charge in [-0.2, -0.15) is 11.8 Å². The lowest BCUT2D eigenvalue weighted by atomic mass is 10.0. The Bertz CT molecular complexity index is 1110. The number of likely N-dealkylation sites (N-methyl/N-ethyl adjacent to an activating group) is 1. The van der Waals surface area contributed by atoms with Crippen LogP contribution in [0.5, 0.6) is 5.75 Å². The molecule has 0 aromatic heterocycles. The van der Waals surface area contributed by atoms with Gasteiger partial charge in [-0.1, -0.05) is 42.0 Å². The van der Waals surface area contributed by atoms with E-state index < -0.39 is 12.2 Å². The number of thioether (sulfide) groups is 1. The number of rotatable bonds is 8. The smallest absolute Gasteiger partial charge is 0.334 e. The van der Waals surface area contributed by atoms with Crippen molar-refractivity contribution in [3.8, 4) is 5.75 Å². The summed E-state index contributed by atoms with van der Waals surface area (Å²) in [6.45, 7) is 3.06. The molecule has 2 aliphatic heterocycles. The van der Waals surface area contributed by atoms with Gasteiger partial charge in [0.2, 0.25) is 11.8 Å². The van der Waals surface area contributed by atoms with Crippen LogP contribution >= 0.6 is 11.8 Å². The van der Waals surface area contributed by atoms with Crippen molar-refractivity contribution in [3.05, 3.63) is 65.2 Å². The second kappa shape index (κ2) is 11.9. The molecule has 2 fully saturated rings. The average Bonchev–Trinajstić information content (AvgIpc) is 2.89. The fourth-order valence-electron chi connectivity index (χ4n) is 4.87. The largest absolute Gasteiger partial charge is 0.497 e. The summed E-state index contributed by atoms with van der Waals surface area (Å²) in [6.07, 6.45) is 1.94. The third-order valence-electron chi connectivity index (χ3n) is 6.84. The summed E-state index contributed by atoms with van der Waals surface area (Å²) < 4.78 is 5.20. The van der Waals surface area contributed by atoms with Gasteiger partial charge in [0.05, 0.1) is 20.2 Å². The first-order valence-electron chi connectivity index (χ1n) is 12.4. The van der Waals surface area contributed by atoms with E-state index in [1.54, 1.807) is 45.7 Å². The van der Waals surface area contributed by atoms with Crippen LogP contribution in [0.15, 0.2) is 48.5 Å². The van der Waals surface area contributed by atoms with E-state index in [4.69, 9.17) is 4.74 Å². The summed E-state index contributed by atoms with van der Waals surface area (Å²) in [5, 5.41) is 6.22. The van der Waals surface area contributed by atoms with Crippen LogP contribution in [0.2, 0.25) is 0 Å². The molecule has 2 heterocycles. The molecule has 198 valence electrons. The van der Waals surface area contributed by atoms with E-state index in [0.717, 1.165) is 28.2 Å². The van der Waals surface area contributed by atoms with E-state index in [9.17, 15) is 14.4 Å². The van der Waals surface area contributed by atoms with Crippen molar-refractivity contribution in [1.82, 2.24) is 25.1 Å². The van der Waals surface area contributed by atoms with Crippen LogP contribution in [-0.4, -0.2) is 89.1 Å². The molecule has 0 bridgehead atoms. The number of carbonyl (C=O) groups is 3. The molecule has 2 aromatic rings. The lowest BCUT2D eigenvalue weighted by Crippen LogP contribution is -2.75. The Balaban J connectivity index is 1.57. The van der Waals surface area contributed by atoms with Crippen molar-refractivity contribution in [1.29, 1.82) is 0 Å². The maximum absolute atomic E-state index is 13.6. The van der Waals surface area contributed by atoms with Gasteiger partial charge in [0.1, 0.15) is 18.0 Å². The second-order valence-corrected chi connectivity index (χ2v) is 10.4. The van der Waals surface area contributed by atoms with Crippen LogP contribution in [0.4, 0.5) is 4.79 Å². The number of hydrogen-bond donors (Lipinski definition) is 1. The maximum Gasteiger partial charge on any atom is 0.334 e. The lowest BCUT2D eigenvalue weighted by molar-refractivity contribution is -0.187. The Hall–Kier alpha value is -3.24.